The Bertz CT molecular complexity index is 655. The van der Waals surface area contributed by atoms with Crippen molar-refractivity contribution in [2.75, 3.05) is 11.9 Å². The summed E-state index contributed by atoms with van der Waals surface area (Å²) in [6, 6.07) is 1.94. The van der Waals surface area contributed by atoms with Gasteiger partial charge in [-0.3, -0.25) is 0 Å². The highest BCUT2D eigenvalue weighted by Gasteiger charge is 2.21. The topological polar surface area (TPSA) is 55.6 Å². The lowest BCUT2D eigenvalue weighted by Crippen LogP contribution is -2.19. The smallest absolute Gasteiger partial charge is 0.159 e. The second-order valence-electron chi connectivity index (χ2n) is 6.11. The molecular formula is C15H22BrN5. The molecule has 0 amide bonds. The van der Waals surface area contributed by atoms with Crippen molar-refractivity contribution in [2.45, 2.75) is 47.0 Å². The average Bonchev–Trinajstić information content (AvgIpc) is 2.66. The third kappa shape index (κ3) is 3.26. The van der Waals surface area contributed by atoms with E-state index in [1.165, 1.54) is 0 Å². The Kier molecular flexibility index (Phi) is 4.37. The van der Waals surface area contributed by atoms with Crippen LogP contribution in [0.3, 0.4) is 0 Å². The highest BCUT2D eigenvalue weighted by atomic mass is 79.9. The summed E-state index contributed by atoms with van der Waals surface area (Å²) < 4.78 is 2.88. The summed E-state index contributed by atoms with van der Waals surface area (Å²) in [6.07, 6.45) is 0. The predicted octanol–water partition coefficient (Wildman–Crippen LogP) is 3.77. The van der Waals surface area contributed by atoms with Gasteiger partial charge in [-0.05, 0) is 36.7 Å². The zero-order valence-corrected chi connectivity index (χ0v) is 15.0. The molecule has 2 aromatic heterocycles. The Labute approximate surface area is 134 Å². The Hall–Kier alpha value is -1.43. The van der Waals surface area contributed by atoms with Crippen LogP contribution in [0.4, 0.5) is 5.82 Å². The number of halogens is 1. The van der Waals surface area contributed by atoms with Gasteiger partial charge in [0.25, 0.3) is 0 Å². The molecule has 114 valence electrons. The van der Waals surface area contributed by atoms with Crippen LogP contribution in [0.1, 0.15) is 44.9 Å². The summed E-state index contributed by atoms with van der Waals surface area (Å²) in [5.74, 6) is 2.42. The van der Waals surface area contributed by atoms with E-state index in [9.17, 15) is 0 Å². The van der Waals surface area contributed by atoms with Crippen LogP contribution in [0.15, 0.2) is 10.5 Å². The van der Waals surface area contributed by atoms with Crippen LogP contribution in [0.5, 0.6) is 0 Å². The van der Waals surface area contributed by atoms with Crippen molar-refractivity contribution in [3.8, 4) is 5.82 Å². The molecule has 2 aromatic rings. The van der Waals surface area contributed by atoms with Gasteiger partial charge in [0.15, 0.2) is 5.82 Å². The first-order valence-corrected chi connectivity index (χ1v) is 7.89. The quantitative estimate of drug-likeness (QED) is 0.914. The van der Waals surface area contributed by atoms with E-state index in [0.717, 1.165) is 39.9 Å². The number of nitrogens with one attached hydrogen (secondary N) is 1. The molecule has 2 rings (SSSR count). The van der Waals surface area contributed by atoms with Crippen LogP contribution < -0.4 is 5.32 Å². The lowest BCUT2D eigenvalue weighted by atomic mass is 9.96. The first kappa shape index (κ1) is 15.9. The third-order valence-corrected chi connectivity index (χ3v) is 4.31. The number of hydrogen-bond donors (Lipinski definition) is 1. The van der Waals surface area contributed by atoms with E-state index in [1.54, 1.807) is 0 Å². The fraction of sp³-hybridized carbons (Fsp3) is 0.533. The van der Waals surface area contributed by atoms with E-state index in [-0.39, 0.29) is 5.41 Å². The number of rotatable bonds is 3. The van der Waals surface area contributed by atoms with Crippen molar-refractivity contribution >= 4 is 21.7 Å². The highest BCUT2D eigenvalue weighted by Crippen LogP contribution is 2.25. The molecule has 0 spiro atoms. The fourth-order valence-electron chi connectivity index (χ4n) is 2.00. The Balaban J connectivity index is 2.62. The van der Waals surface area contributed by atoms with Crippen molar-refractivity contribution in [2.24, 2.45) is 0 Å². The molecule has 1 N–H and O–H groups in total. The number of nitrogens with zero attached hydrogens (tertiary/aromatic N) is 4. The molecule has 0 unspecified atom stereocenters. The maximum Gasteiger partial charge on any atom is 0.159 e. The summed E-state index contributed by atoms with van der Waals surface area (Å²) in [5.41, 5.74) is 1.87. The van der Waals surface area contributed by atoms with Gasteiger partial charge in [-0.1, -0.05) is 20.8 Å². The fourth-order valence-corrected chi connectivity index (χ4v) is 2.24. The van der Waals surface area contributed by atoms with Crippen molar-refractivity contribution in [3.05, 3.63) is 27.8 Å². The minimum absolute atomic E-state index is 0.118. The molecular weight excluding hydrogens is 330 g/mol. The molecule has 0 atom stereocenters. The van der Waals surface area contributed by atoms with Gasteiger partial charge in [-0.2, -0.15) is 5.10 Å². The monoisotopic (exact) mass is 351 g/mol. The summed E-state index contributed by atoms with van der Waals surface area (Å²) in [6.45, 7) is 13.2. The van der Waals surface area contributed by atoms with Crippen molar-refractivity contribution in [1.29, 1.82) is 0 Å². The summed E-state index contributed by atoms with van der Waals surface area (Å²) in [4.78, 5) is 9.30. The SMILES string of the molecule is CCNc1cc(-n2nc(C)c(Br)c2C)nc(C(C)(C)C)n1. The largest absolute Gasteiger partial charge is 0.370 e. The second kappa shape index (κ2) is 5.75. The van der Waals surface area contributed by atoms with E-state index in [2.05, 4.69) is 59.0 Å². The molecule has 6 heteroatoms. The normalized spacial score (nSPS) is 11.8. The van der Waals surface area contributed by atoms with E-state index < -0.39 is 0 Å². The highest BCUT2D eigenvalue weighted by molar-refractivity contribution is 9.10. The predicted molar refractivity (Wildman–Crippen MR) is 89.2 cm³/mol. The molecule has 0 aliphatic rings. The summed E-state index contributed by atoms with van der Waals surface area (Å²) in [7, 11) is 0. The summed E-state index contributed by atoms with van der Waals surface area (Å²) >= 11 is 3.56. The van der Waals surface area contributed by atoms with E-state index in [1.807, 2.05) is 24.6 Å². The van der Waals surface area contributed by atoms with E-state index in [0.29, 0.717) is 0 Å². The van der Waals surface area contributed by atoms with Crippen LogP contribution in [-0.2, 0) is 5.41 Å². The van der Waals surface area contributed by atoms with Gasteiger partial charge >= 0.3 is 0 Å². The maximum atomic E-state index is 4.70. The number of aromatic nitrogens is 4. The minimum Gasteiger partial charge on any atom is -0.370 e. The molecule has 2 heterocycles. The van der Waals surface area contributed by atoms with Crippen LogP contribution in [0.25, 0.3) is 5.82 Å². The molecule has 0 aromatic carbocycles. The van der Waals surface area contributed by atoms with Crippen molar-refractivity contribution in [1.82, 2.24) is 19.7 Å². The van der Waals surface area contributed by atoms with Crippen molar-refractivity contribution < 1.29 is 0 Å². The van der Waals surface area contributed by atoms with Gasteiger partial charge in [0, 0.05) is 18.0 Å². The maximum absolute atomic E-state index is 4.70. The zero-order valence-electron chi connectivity index (χ0n) is 13.5. The van der Waals surface area contributed by atoms with E-state index >= 15 is 0 Å². The number of anilines is 1. The first-order valence-electron chi connectivity index (χ1n) is 7.09. The average molecular weight is 352 g/mol. The van der Waals surface area contributed by atoms with Gasteiger partial charge < -0.3 is 5.32 Å². The number of aryl methyl sites for hydroxylation is 1. The second-order valence-corrected chi connectivity index (χ2v) is 6.90. The van der Waals surface area contributed by atoms with Gasteiger partial charge in [0.1, 0.15) is 11.6 Å². The molecule has 5 nitrogen and oxygen atoms in total. The van der Waals surface area contributed by atoms with Crippen LogP contribution in [-0.4, -0.2) is 26.3 Å². The standard InChI is InChI=1S/C15H22BrN5/c1-7-17-11-8-12(19-14(18-11)15(4,5)6)21-10(3)13(16)9(2)20-21/h8H,7H2,1-6H3,(H,17,18,19). The van der Waals surface area contributed by atoms with E-state index in [4.69, 9.17) is 4.98 Å². The molecule has 0 aliphatic heterocycles. The molecule has 21 heavy (non-hydrogen) atoms. The van der Waals surface area contributed by atoms with Gasteiger partial charge in [0.2, 0.25) is 0 Å². The Morgan fingerprint density at radius 3 is 2.38 bits per heavy atom. The number of hydrogen-bond acceptors (Lipinski definition) is 4. The van der Waals surface area contributed by atoms with Crippen molar-refractivity contribution in [3.63, 3.8) is 0 Å². The summed E-state index contributed by atoms with van der Waals surface area (Å²) in [5, 5.41) is 7.82. The minimum atomic E-state index is -0.118. The lowest BCUT2D eigenvalue weighted by molar-refractivity contribution is 0.542. The van der Waals surface area contributed by atoms with Gasteiger partial charge in [-0.15, -0.1) is 0 Å². The van der Waals surface area contributed by atoms with Gasteiger partial charge in [-0.25, -0.2) is 14.6 Å². The van der Waals surface area contributed by atoms with Crippen LogP contribution in [0, 0.1) is 13.8 Å². The third-order valence-electron chi connectivity index (χ3n) is 3.16. The lowest BCUT2D eigenvalue weighted by Gasteiger charge is -2.19. The Morgan fingerprint density at radius 2 is 1.90 bits per heavy atom. The van der Waals surface area contributed by atoms with Gasteiger partial charge in [0.05, 0.1) is 15.9 Å². The molecule has 0 saturated heterocycles. The Morgan fingerprint density at radius 1 is 1.24 bits per heavy atom. The molecule has 0 saturated carbocycles. The molecule has 0 fully saturated rings. The molecule has 0 bridgehead atoms. The molecule has 0 radical (unpaired) electrons. The molecule has 0 aliphatic carbocycles. The van der Waals surface area contributed by atoms with Crippen LogP contribution in [0.2, 0.25) is 0 Å². The first-order chi connectivity index (χ1) is 9.74. The van der Waals surface area contributed by atoms with Crippen LogP contribution >= 0.6 is 15.9 Å². The zero-order chi connectivity index (χ0) is 15.8.